The Morgan fingerprint density at radius 1 is 1.24 bits per heavy atom. The lowest BCUT2D eigenvalue weighted by Crippen LogP contribution is -2.52. The predicted octanol–water partition coefficient (Wildman–Crippen LogP) is 3.21. The summed E-state index contributed by atoms with van der Waals surface area (Å²) in [4.78, 5) is 23.3. The van der Waals surface area contributed by atoms with Crippen LogP contribution in [0.15, 0.2) is 0 Å². The van der Waals surface area contributed by atoms with Gasteiger partial charge in [-0.25, -0.2) is 0 Å². The molecule has 2 aliphatic rings. The number of hydrogen-bond acceptors (Lipinski definition) is 2. The van der Waals surface area contributed by atoms with E-state index in [2.05, 4.69) is 26.1 Å². The summed E-state index contributed by atoms with van der Waals surface area (Å²) in [7, 11) is 0. The van der Waals surface area contributed by atoms with E-state index in [1.165, 1.54) is 19.3 Å². The summed E-state index contributed by atoms with van der Waals surface area (Å²) < 4.78 is 0. The number of aliphatic carboxylic acids is 1. The Hall–Kier alpha value is -1.06. The van der Waals surface area contributed by atoms with Crippen molar-refractivity contribution in [3.05, 3.63) is 0 Å². The van der Waals surface area contributed by atoms with E-state index in [0.717, 1.165) is 0 Å². The average Bonchev–Trinajstić information content (AvgIpc) is 2.73. The van der Waals surface area contributed by atoms with Crippen molar-refractivity contribution in [2.75, 3.05) is 0 Å². The first-order valence-electron chi connectivity index (χ1n) is 7.97. The second kappa shape index (κ2) is 4.99. The van der Waals surface area contributed by atoms with Gasteiger partial charge in [0.15, 0.2) is 0 Å². The molecule has 0 spiro atoms. The van der Waals surface area contributed by atoms with E-state index in [0.29, 0.717) is 5.92 Å². The molecule has 2 fully saturated rings. The zero-order valence-corrected chi connectivity index (χ0v) is 14.0. The van der Waals surface area contributed by atoms with Crippen LogP contribution >= 0.6 is 0 Å². The highest BCUT2D eigenvalue weighted by Gasteiger charge is 2.59. The van der Waals surface area contributed by atoms with Crippen LogP contribution in [0.25, 0.3) is 0 Å². The Labute approximate surface area is 127 Å². The van der Waals surface area contributed by atoms with Crippen molar-refractivity contribution in [1.29, 1.82) is 0 Å². The van der Waals surface area contributed by atoms with Crippen LogP contribution in [0, 0.1) is 22.2 Å². The van der Waals surface area contributed by atoms with Gasteiger partial charge in [0, 0.05) is 12.5 Å². The van der Waals surface area contributed by atoms with Crippen molar-refractivity contribution in [3.8, 4) is 0 Å². The molecule has 4 nitrogen and oxygen atoms in total. The number of carbonyl (C=O) groups is 2. The maximum Gasteiger partial charge on any atom is 0.303 e. The molecule has 4 heteroatoms. The van der Waals surface area contributed by atoms with Crippen LogP contribution in [0.3, 0.4) is 0 Å². The third-order valence-corrected chi connectivity index (χ3v) is 5.84. The lowest BCUT2D eigenvalue weighted by molar-refractivity contribution is -0.139. The van der Waals surface area contributed by atoms with Crippen LogP contribution < -0.4 is 5.32 Å². The fraction of sp³-hybridized carbons (Fsp3) is 0.882. The molecule has 3 unspecified atom stereocenters. The summed E-state index contributed by atoms with van der Waals surface area (Å²) in [6.07, 6.45) is 3.94. The van der Waals surface area contributed by atoms with Crippen molar-refractivity contribution in [3.63, 3.8) is 0 Å². The molecule has 2 N–H and O–H groups in total. The Bertz CT molecular complexity index is 450. The molecule has 0 radical (unpaired) electrons. The van der Waals surface area contributed by atoms with Crippen LogP contribution in [0.5, 0.6) is 0 Å². The normalized spacial score (nSPS) is 34.0. The van der Waals surface area contributed by atoms with Crippen molar-refractivity contribution in [2.45, 2.75) is 72.8 Å². The number of rotatable bonds is 5. The van der Waals surface area contributed by atoms with Gasteiger partial charge >= 0.3 is 5.97 Å². The zero-order chi connectivity index (χ0) is 16.1. The van der Waals surface area contributed by atoms with E-state index in [-0.39, 0.29) is 35.6 Å². The first kappa shape index (κ1) is 16.3. The summed E-state index contributed by atoms with van der Waals surface area (Å²) in [5, 5.41) is 12.2. The Morgan fingerprint density at radius 2 is 1.86 bits per heavy atom. The predicted molar refractivity (Wildman–Crippen MR) is 81.8 cm³/mol. The zero-order valence-electron chi connectivity index (χ0n) is 14.0. The number of carboxylic acids is 1. The largest absolute Gasteiger partial charge is 0.481 e. The first-order valence-corrected chi connectivity index (χ1v) is 7.97. The van der Waals surface area contributed by atoms with Gasteiger partial charge in [-0.1, -0.05) is 34.6 Å². The monoisotopic (exact) mass is 295 g/mol. The molecular weight excluding hydrogens is 266 g/mol. The lowest BCUT2D eigenvalue weighted by Gasteiger charge is -2.43. The summed E-state index contributed by atoms with van der Waals surface area (Å²) in [5.74, 6) is -0.159. The van der Waals surface area contributed by atoms with E-state index in [1.807, 2.05) is 13.8 Å². The molecule has 2 saturated carbocycles. The lowest BCUT2D eigenvalue weighted by atomic mass is 9.68. The van der Waals surface area contributed by atoms with Gasteiger partial charge in [0.05, 0.1) is 6.42 Å². The van der Waals surface area contributed by atoms with Gasteiger partial charge in [-0.05, 0) is 41.4 Å². The topological polar surface area (TPSA) is 66.4 Å². The van der Waals surface area contributed by atoms with Gasteiger partial charge in [-0.3, -0.25) is 9.59 Å². The average molecular weight is 295 g/mol. The highest BCUT2D eigenvalue weighted by Crippen LogP contribution is 2.62. The molecule has 1 amide bonds. The van der Waals surface area contributed by atoms with Gasteiger partial charge in [-0.15, -0.1) is 0 Å². The summed E-state index contributed by atoms with van der Waals surface area (Å²) in [5.41, 5.74) is -0.154. The number of carbonyl (C=O) groups excluding carboxylic acids is 1. The Balaban J connectivity index is 2.01. The molecule has 0 aliphatic heterocycles. The molecule has 0 saturated heterocycles. The van der Waals surface area contributed by atoms with Gasteiger partial charge in [0.25, 0.3) is 0 Å². The fourth-order valence-corrected chi connectivity index (χ4v) is 4.78. The molecule has 21 heavy (non-hydrogen) atoms. The summed E-state index contributed by atoms with van der Waals surface area (Å²) >= 11 is 0. The molecule has 2 bridgehead atoms. The highest BCUT2D eigenvalue weighted by molar-refractivity contribution is 5.78. The maximum atomic E-state index is 12.4. The molecule has 0 aromatic rings. The van der Waals surface area contributed by atoms with Gasteiger partial charge in [0.2, 0.25) is 5.91 Å². The number of carboxylic acid groups (broad SMARTS) is 1. The third kappa shape index (κ3) is 3.09. The number of fused-ring (bicyclic) bond motifs is 2. The van der Waals surface area contributed by atoms with Crippen molar-refractivity contribution >= 4 is 11.9 Å². The van der Waals surface area contributed by atoms with Gasteiger partial charge in [0.1, 0.15) is 0 Å². The van der Waals surface area contributed by atoms with Crippen LogP contribution in [0.1, 0.15) is 66.7 Å². The van der Waals surface area contributed by atoms with E-state index in [1.54, 1.807) is 0 Å². The second-order valence-electron chi connectivity index (χ2n) is 8.83. The standard InChI is InChI=1S/C17H29NO3/c1-15(2,10-13(20)21)9-12(19)18-14-16(3,4)11-6-7-17(14,5)8-11/h11,14H,6-10H2,1-5H3,(H,18,19)(H,20,21). The van der Waals surface area contributed by atoms with Crippen LogP contribution in [-0.4, -0.2) is 23.0 Å². The quantitative estimate of drug-likeness (QED) is 0.818. The maximum absolute atomic E-state index is 12.4. The van der Waals surface area contributed by atoms with Crippen LogP contribution in [0.4, 0.5) is 0 Å². The number of amides is 1. The fourth-order valence-electron chi connectivity index (χ4n) is 4.78. The molecule has 0 aromatic carbocycles. The highest BCUT2D eigenvalue weighted by atomic mass is 16.4. The SMILES string of the molecule is CC(C)(CC(=O)O)CC(=O)NC1C2(C)CCC(C2)C1(C)C. The molecule has 3 atom stereocenters. The minimum atomic E-state index is -0.847. The van der Waals surface area contributed by atoms with Crippen molar-refractivity contribution in [1.82, 2.24) is 5.32 Å². The Kier molecular flexibility index (Phi) is 3.88. The summed E-state index contributed by atoms with van der Waals surface area (Å²) in [6.45, 7) is 10.5. The van der Waals surface area contributed by atoms with E-state index in [9.17, 15) is 9.59 Å². The van der Waals surface area contributed by atoms with E-state index >= 15 is 0 Å². The van der Waals surface area contributed by atoms with Crippen molar-refractivity contribution in [2.24, 2.45) is 22.2 Å². The molecule has 2 aliphatic carbocycles. The van der Waals surface area contributed by atoms with E-state index in [4.69, 9.17) is 5.11 Å². The molecule has 0 aromatic heterocycles. The van der Waals surface area contributed by atoms with Gasteiger partial charge < -0.3 is 10.4 Å². The smallest absolute Gasteiger partial charge is 0.303 e. The third-order valence-electron chi connectivity index (χ3n) is 5.84. The minimum Gasteiger partial charge on any atom is -0.481 e. The number of hydrogen-bond donors (Lipinski definition) is 2. The van der Waals surface area contributed by atoms with Gasteiger partial charge in [-0.2, -0.15) is 0 Å². The summed E-state index contributed by atoms with van der Waals surface area (Å²) in [6, 6.07) is 0.205. The molecule has 2 rings (SSSR count). The van der Waals surface area contributed by atoms with E-state index < -0.39 is 11.4 Å². The second-order valence-corrected chi connectivity index (χ2v) is 8.83. The first-order chi connectivity index (χ1) is 9.46. The Morgan fingerprint density at radius 3 is 2.33 bits per heavy atom. The minimum absolute atomic E-state index is 0.00639. The van der Waals surface area contributed by atoms with Crippen molar-refractivity contribution < 1.29 is 14.7 Å². The molecule has 120 valence electrons. The van der Waals surface area contributed by atoms with Crippen LogP contribution in [0.2, 0.25) is 0 Å². The molecule has 0 heterocycles. The number of nitrogens with one attached hydrogen (secondary N) is 1. The van der Waals surface area contributed by atoms with Crippen LogP contribution in [-0.2, 0) is 9.59 Å². The molecular formula is C17H29NO3.